The van der Waals surface area contributed by atoms with Crippen molar-refractivity contribution in [2.24, 2.45) is 11.8 Å². The lowest BCUT2D eigenvalue weighted by atomic mass is 10.1. The Balaban J connectivity index is 1.98. The van der Waals surface area contributed by atoms with E-state index in [1.807, 2.05) is 0 Å². The smallest absolute Gasteiger partial charge is 0.156 e. The molecule has 2 heteroatoms. The molecule has 0 aromatic rings. The fourth-order valence-electron chi connectivity index (χ4n) is 2.87. The molecule has 1 aliphatic carbocycles. The molecule has 0 aromatic heterocycles. The van der Waals surface area contributed by atoms with Crippen LogP contribution < -0.4 is 0 Å². The lowest BCUT2D eigenvalue weighted by molar-refractivity contribution is -0.114. The maximum atomic E-state index is 11.5. The van der Waals surface area contributed by atoms with Gasteiger partial charge in [0.15, 0.2) is 5.78 Å². The van der Waals surface area contributed by atoms with E-state index in [0.717, 1.165) is 50.4 Å². The first-order valence-corrected chi connectivity index (χ1v) is 9.06. The molecule has 0 heterocycles. The summed E-state index contributed by atoms with van der Waals surface area (Å²) in [5.74, 6) is 8.13. The van der Waals surface area contributed by atoms with Gasteiger partial charge in [0.25, 0.3) is 0 Å². The second kappa shape index (κ2) is 12.5. The predicted octanol–water partition coefficient (Wildman–Crippen LogP) is 4.66. The third kappa shape index (κ3) is 9.79. The maximum absolute atomic E-state index is 11.5. The van der Waals surface area contributed by atoms with Crippen molar-refractivity contribution in [3.05, 3.63) is 12.2 Å². The van der Waals surface area contributed by atoms with Crippen LogP contribution in [0.5, 0.6) is 0 Å². The van der Waals surface area contributed by atoms with E-state index >= 15 is 0 Å². The molecule has 0 radical (unpaired) electrons. The van der Waals surface area contributed by atoms with Gasteiger partial charge >= 0.3 is 0 Å². The molecule has 2 atom stereocenters. The molecule has 1 rings (SSSR count). The molecule has 0 aromatic carbocycles. The highest BCUT2D eigenvalue weighted by Gasteiger charge is 2.34. The number of rotatable bonds is 12. The minimum Gasteiger partial charge on any atom is -0.396 e. The Kier molecular flexibility index (Phi) is 10.8. The van der Waals surface area contributed by atoms with E-state index in [4.69, 9.17) is 5.11 Å². The molecule has 0 bridgehead atoms. The van der Waals surface area contributed by atoms with Crippen LogP contribution in [-0.2, 0) is 4.79 Å². The molecule has 22 heavy (non-hydrogen) atoms. The number of carbonyl (C=O) groups is 1. The minimum absolute atomic E-state index is 0.202. The third-order valence-electron chi connectivity index (χ3n) is 4.42. The van der Waals surface area contributed by atoms with Crippen molar-refractivity contribution < 1.29 is 9.90 Å². The lowest BCUT2D eigenvalue weighted by Crippen LogP contribution is -1.91. The van der Waals surface area contributed by atoms with Crippen LogP contribution in [0.4, 0.5) is 0 Å². The molecule has 0 saturated heterocycles. The second-order valence-electron chi connectivity index (χ2n) is 6.45. The zero-order valence-corrected chi connectivity index (χ0v) is 14.2. The van der Waals surface area contributed by atoms with E-state index in [9.17, 15) is 4.79 Å². The Labute approximate surface area is 136 Å². The Morgan fingerprint density at radius 2 is 1.95 bits per heavy atom. The highest BCUT2D eigenvalue weighted by molar-refractivity contribution is 5.89. The van der Waals surface area contributed by atoms with Crippen LogP contribution in [0.15, 0.2) is 12.2 Å². The quantitative estimate of drug-likeness (QED) is 0.323. The van der Waals surface area contributed by atoms with Crippen LogP contribution in [-0.4, -0.2) is 17.5 Å². The third-order valence-corrected chi connectivity index (χ3v) is 4.42. The summed E-state index contributed by atoms with van der Waals surface area (Å²) < 4.78 is 0. The molecular formula is C20H32O2. The van der Waals surface area contributed by atoms with Crippen molar-refractivity contribution in [2.75, 3.05) is 6.61 Å². The molecule has 124 valence electrons. The van der Waals surface area contributed by atoms with Crippen molar-refractivity contribution in [2.45, 2.75) is 77.6 Å². The van der Waals surface area contributed by atoms with Gasteiger partial charge in [-0.2, -0.15) is 0 Å². The molecule has 1 N–H and O–H groups in total. The number of hydrogen-bond donors (Lipinski definition) is 1. The summed E-state index contributed by atoms with van der Waals surface area (Å²) in [5, 5.41) is 8.73. The molecule has 0 aliphatic heterocycles. The minimum atomic E-state index is 0.202. The lowest BCUT2D eigenvalue weighted by Gasteiger charge is -1.98. The van der Waals surface area contributed by atoms with Gasteiger partial charge in [0, 0.05) is 19.4 Å². The van der Waals surface area contributed by atoms with Crippen molar-refractivity contribution in [1.29, 1.82) is 0 Å². The number of aliphatic hydroxyl groups excluding tert-OH is 1. The zero-order chi connectivity index (χ0) is 16.0. The molecular weight excluding hydrogens is 272 g/mol. The Morgan fingerprint density at radius 1 is 1.14 bits per heavy atom. The Hall–Kier alpha value is -1.07. The van der Waals surface area contributed by atoms with Crippen molar-refractivity contribution in [1.82, 2.24) is 0 Å². The molecule has 1 fully saturated rings. The van der Waals surface area contributed by atoms with E-state index in [2.05, 4.69) is 18.8 Å². The molecule has 1 saturated carbocycles. The van der Waals surface area contributed by atoms with Crippen molar-refractivity contribution in [3.63, 3.8) is 0 Å². The number of unbranched alkanes of at least 4 members (excludes halogenated alkanes) is 4. The number of ketones is 1. The Bertz CT molecular complexity index is 386. The summed E-state index contributed by atoms with van der Waals surface area (Å²) in [7, 11) is 0. The van der Waals surface area contributed by atoms with Gasteiger partial charge in [-0.15, -0.1) is 0 Å². The van der Waals surface area contributed by atoms with E-state index < -0.39 is 0 Å². The molecule has 0 amide bonds. The first-order chi connectivity index (χ1) is 10.8. The molecule has 2 nitrogen and oxygen atoms in total. The highest BCUT2D eigenvalue weighted by atomic mass is 16.2. The summed E-state index contributed by atoms with van der Waals surface area (Å²) in [6, 6.07) is 0. The van der Waals surface area contributed by atoms with Gasteiger partial charge in [-0.05, 0) is 49.7 Å². The number of allylic oxidation sites excluding steroid dienone is 2. The zero-order valence-electron chi connectivity index (χ0n) is 14.2. The SMILES string of the molecule is CCCCCC(=O)/C=C/C#CCCC1CC1CCCCCO. The van der Waals surface area contributed by atoms with Gasteiger partial charge < -0.3 is 5.11 Å². The summed E-state index contributed by atoms with van der Waals surface area (Å²) in [6.45, 7) is 2.48. The summed E-state index contributed by atoms with van der Waals surface area (Å²) in [5.41, 5.74) is 0. The highest BCUT2D eigenvalue weighted by Crippen LogP contribution is 2.45. The monoisotopic (exact) mass is 304 g/mol. The summed E-state index contributed by atoms with van der Waals surface area (Å²) in [6.07, 6.45) is 15.5. The van der Waals surface area contributed by atoms with Crippen LogP contribution in [0.25, 0.3) is 0 Å². The van der Waals surface area contributed by atoms with Crippen molar-refractivity contribution >= 4 is 5.78 Å². The van der Waals surface area contributed by atoms with E-state index in [0.29, 0.717) is 13.0 Å². The standard InChI is InChI=1S/C20H32O2/c1-2-3-7-14-20(22)15-10-5-4-8-12-18-17-19(18)13-9-6-11-16-21/h10,15,18-19,21H,2-3,6-9,11-14,16-17H2,1H3/b15-10+. The van der Waals surface area contributed by atoms with E-state index in [-0.39, 0.29) is 5.78 Å². The topological polar surface area (TPSA) is 37.3 Å². The molecule has 0 spiro atoms. The summed E-state index contributed by atoms with van der Waals surface area (Å²) >= 11 is 0. The van der Waals surface area contributed by atoms with Crippen molar-refractivity contribution in [3.8, 4) is 11.8 Å². The molecule has 2 unspecified atom stereocenters. The van der Waals surface area contributed by atoms with Gasteiger partial charge in [-0.3, -0.25) is 4.79 Å². The van der Waals surface area contributed by atoms with E-state index in [1.165, 1.54) is 25.7 Å². The predicted molar refractivity (Wildman–Crippen MR) is 92.4 cm³/mol. The summed E-state index contributed by atoms with van der Waals surface area (Å²) in [4.78, 5) is 11.5. The fraction of sp³-hybridized carbons (Fsp3) is 0.750. The largest absolute Gasteiger partial charge is 0.396 e. The van der Waals surface area contributed by atoms with Crippen LogP contribution in [0.3, 0.4) is 0 Å². The van der Waals surface area contributed by atoms with Crippen LogP contribution >= 0.6 is 0 Å². The van der Waals surface area contributed by atoms with Crippen LogP contribution in [0, 0.1) is 23.7 Å². The number of aliphatic hydroxyl groups is 1. The van der Waals surface area contributed by atoms with Crippen LogP contribution in [0.2, 0.25) is 0 Å². The average molecular weight is 304 g/mol. The van der Waals surface area contributed by atoms with E-state index in [1.54, 1.807) is 12.2 Å². The van der Waals surface area contributed by atoms with Gasteiger partial charge in [-0.1, -0.05) is 50.9 Å². The number of hydrogen-bond acceptors (Lipinski definition) is 2. The normalized spacial score (nSPS) is 19.9. The number of carbonyl (C=O) groups excluding carboxylic acids is 1. The van der Waals surface area contributed by atoms with Gasteiger partial charge in [0.2, 0.25) is 0 Å². The van der Waals surface area contributed by atoms with Gasteiger partial charge in [-0.25, -0.2) is 0 Å². The second-order valence-corrected chi connectivity index (χ2v) is 6.45. The van der Waals surface area contributed by atoms with Gasteiger partial charge in [0.1, 0.15) is 0 Å². The first kappa shape index (κ1) is 19.0. The first-order valence-electron chi connectivity index (χ1n) is 9.06. The Morgan fingerprint density at radius 3 is 2.73 bits per heavy atom. The average Bonchev–Trinajstić information content (AvgIpc) is 3.26. The van der Waals surface area contributed by atoms with Gasteiger partial charge in [0.05, 0.1) is 0 Å². The van der Waals surface area contributed by atoms with Crippen LogP contribution in [0.1, 0.15) is 77.6 Å². The maximum Gasteiger partial charge on any atom is 0.156 e. The fourth-order valence-corrected chi connectivity index (χ4v) is 2.87. The molecule has 1 aliphatic rings.